The summed E-state index contributed by atoms with van der Waals surface area (Å²) in [6, 6.07) is 10.2. The van der Waals surface area contributed by atoms with Gasteiger partial charge < -0.3 is 0 Å². The molecule has 1 rings (SSSR count). The number of alkyl halides is 1. The van der Waals surface area contributed by atoms with Gasteiger partial charge in [-0.05, 0) is 18.1 Å². The first kappa shape index (κ1) is 8.95. The Bertz CT molecular complexity index is 208. The van der Waals surface area contributed by atoms with Crippen molar-refractivity contribution < 1.29 is 0 Å². The molecule has 1 unspecified atom stereocenters. The van der Waals surface area contributed by atoms with Crippen molar-refractivity contribution in [2.75, 3.05) is 12.5 Å². The molecule has 0 bridgehead atoms. The maximum Gasteiger partial charge on any atom is 0.0861 e. The molecule has 0 radical (unpaired) electrons. The molecular weight excluding hydrogens is 176 g/mol. The van der Waals surface area contributed by atoms with E-state index in [4.69, 9.17) is 11.6 Å². The molecule has 0 nitrogen and oxygen atoms in total. The maximum absolute atomic E-state index is 6.17. The normalized spacial score (nSPS) is 14.3. The summed E-state index contributed by atoms with van der Waals surface area (Å²) in [6.45, 7) is 0. The first-order valence-corrected chi connectivity index (χ1v) is 6.31. The van der Waals surface area contributed by atoms with Crippen molar-refractivity contribution in [2.45, 2.75) is 4.71 Å². The summed E-state index contributed by atoms with van der Waals surface area (Å²) >= 11 is 6.17. The predicted molar refractivity (Wildman–Crippen MR) is 55.9 cm³/mol. The average molecular weight is 189 g/mol. The van der Waals surface area contributed by atoms with Crippen LogP contribution in [-0.2, 0) is 0 Å². The van der Waals surface area contributed by atoms with Crippen LogP contribution in [-0.4, -0.2) is 12.5 Å². The van der Waals surface area contributed by atoms with E-state index in [9.17, 15) is 0 Å². The van der Waals surface area contributed by atoms with E-state index >= 15 is 0 Å². The predicted octanol–water partition coefficient (Wildman–Crippen LogP) is 3.18. The van der Waals surface area contributed by atoms with E-state index in [1.54, 1.807) is 0 Å². The molecule has 0 aliphatic rings. The fourth-order valence-electron chi connectivity index (χ4n) is 0.910. The van der Waals surface area contributed by atoms with Gasteiger partial charge in [-0.15, -0.1) is 11.6 Å². The van der Waals surface area contributed by atoms with Crippen LogP contribution in [0.3, 0.4) is 0 Å². The van der Waals surface area contributed by atoms with Crippen LogP contribution in [0, 0.1) is 0 Å². The van der Waals surface area contributed by atoms with Gasteiger partial charge in [0, 0.05) is 0 Å². The highest BCUT2D eigenvalue weighted by molar-refractivity contribution is 8.16. The lowest BCUT2D eigenvalue weighted by Gasteiger charge is -2.16. The Morgan fingerprint density at radius 1 is 1.18 bits per heavy atom. The summed E-state index contributed by atoms with van der Waals surface area (Å²) in [6.07, 6.45) is 4.39. The van der Waals surface area contributed by atoms with Crippen LogP contribution in [0.4, 0.5) is 0 Å². The van der Waals surface area contributed by atoms with E-state index in [1.165, 1.54) is 5.56 Å². The summed E-state index contributed by atoms with van der Waals surface area (Å²) in [5, 5.41) is 0. The van der Waals surface area contributed by atoms with Crippen molar-refractivity contribution >= 4 is 22.5 Å². The van der Waals surface area contributed by atoms with Gasteiger partial charge in [0.1, 0.15) is 0 Å². The molecule has 0 aliphatic carbocycles. The second-order valence-corrected chi connectivity index (χ2v) is 5.89. The molecule has 1 aromatic carbocycles. The minimum atomic E-state index is -0.0725. The van der Waals surface area contributed by atoms with Crippen molar-refractivity contribution in [1.29, 1.82) is 0 Å². The highest BCUT2D eigenvalue weighted by Crippen LogP contribution is 2.40. The molecule has 11 heavy (non-hydrogen) atoms. The van der Waals surface area contributed by atoms with Gasteiger partial charge in [0.2, 0.25) is 0 Å². The molecule has 0 fully saturated rings. The standard InChI is InChI=1S/C9H13ClS/c1-11(2)9(10)8-6-4-3-5-7-8/h3-7,9,11H,1-2H3. The number of hydrogen-bond acceptors (Lipinski definition) is 0. The minimum Gasteiger partial charge on any atom is -0.239 e. The molecule has 0 amide bonds. The molecule has 0 aromatic heterocycles. The number of halogens is 1. The average Bonchev–Trinajstić information content (AvgIpc) is 2.05. The van der Waals surface area contributed by atoms with Crippen LogP contribution >= 0.6 is 22.5 Å². The Hall–Kier alpha value is -0.140. The Labute approximate surface area is 75.9 Å². The maximum atomic E-state index is 6.17. The van der Waals surface area contributed by atoms with E-state index in [2.05, 4.69) is 24.6 Å². The van der Waals surface area contributed by atoms with Crippen LogP contribution < -0.4 is 0 Å². The van der Waals surface area contributed by atoms with Gasteiger partial charge in [0.15, 0.2) is 0 Å². The summed E-state index contributed by atoms with van der Waals surface area (Å²) in [4.78, 5) is 0. The zero-order valence-corrected chi connectivity index (χ0v) is 8.44. The molecule has 1 atom stereocenters. The highest BCUT2D eigenvalue weighted by Gasteiger charge is 2.07. The van der Waals surface area contributed by atoms with Gasteiger partial charge in [-0.3, -0.25) is 0 Å². The molecule has 2 heteroatoms. The van der Waals surface area contributed by atoms with Gasteiger partial charge in [0.05, 0.1) is 4.71 Å². The molecular formula is C9H13ClS. The number of rotatable bonds is 2. The molecule has 0 N–H and O–H groups in total. The third-order valence-electron chi connectivity index (χ3n) is 1.53. The monoisotopic (exact) mass is 188 g/mol. The summed E-state index contributed by atoms with van der Waals surface area (Å²) < 4.78 is 0.214. The smallest absolute Gasteiger partial charge is 0.0861 e. The van der Waals surface area contributed by atoms with Crippen molar-refractivity contribution in [2.24, 2.45) is 0 Å². The van der Waals surface area contributed by atoms with Crippen LogP contribution in [0.2, 0.25) is 0 Å². The Kier molecular flexibility index (Phi) is 3.28. The number of thiol groups is 1. The quantitative estimate of drug-likeness (QED) is 0.535. The van der Waals surface area contributed by atoms with Gasteiger partial charge in [-0.2, -0.15) is 0 Å². The molecule has 0 heterocycles. The Morgan fingerprint density at radius 2 is 1.73 bits per heavy atom. The van der Waals surface area contributed by atoms with E-state index in [-0.39, 0.29) is 15.6 Å². The zero-order chi connectivity index (χ0) is 8.27. The summed E-state index contributed by atoms with van der Waals surface area (Å²) in [7, 11) is -0.0725. The Balaban J connectivity index is 2.77. The van der Waals surface area contributed by atoms with Crippen LogP contribution in [0.5, 0.6) is 0 Å². The van der Waals surface area contributed by atoms with E-state index in [0.717, 1.165) is 0 Å². The molecule has 0 aliphatic heterocycles. The largest absolute Gasteiger partial charge is 0.239 e. The number of hydrogen-bond donors (Lipinski definition) is 1. The van der Waals surface area contributed by atoms with E-state index in [1.807, 2.05) is 18.2 Å². The first-order valence-electron chi connectivity index (χ1n) is 3.57. The van der Waals surface area contributed by atoms with Crippen molar-refractivity contribution in [3.05, 3.63) is 35.9 Å². The highest BCUT2D eigenvalue weighted by atomic mass is 35.5. The lowest BCUT2D eigenvalue weighted by atomic mass is 10.2. The second-order valence-electron chi connectivity index (χ2n) is 2.71. The third kappa shape index (κ3) is 2.42. The van der Waals surface area contributed by atoms with Crippen LogP contribution in [0.15, 0.2) is 30.3 Å². The lowest BCUT2D eigenvalue weighted by Crippen LogP contribution is -1.88. The lowest BCUT2D eigenvalue weighted by molar-refractivity contribution is 1.36. The molecule has 0 spiro atoms. The van der Waals surface area contributed by atoms with Gasteiger partial charge >= 0.3 is 0 Å². The van der Waals surface area contributed by atoms with Gasteiger partial charge in [-0.25, -0.2) is 10.9 Å². The van der Waals surface area contributed by atoms with Gasteiger partial charge in [-0.1, -0.05) is 30.3 Å². The van der Waals surface area contributed by atoms with Crippen molar-refractivity contribution in [3.8, 4) is 0 Å². The SMILES string of the molecule is C[SH](C)C(Cl)c1ccccc1. The fraction of sp³-hybridized carbons (Fsp3) is 0.333. The topological polar surface area (TPSA) is 0 Å². The fourth-order valence-corrected chi connectivity index (χ4v) is 1.82. The van der Waals surface area contributed by atoms with Crippen LogP contribution in [0.1, 0.15) is 10.3 Å². The van der Waals surface area contributed by atoms with Crippen molar-refractivity contribution in [1.82, 2.24) is 0 Å². The molecule has 0 saturated carbocycles. The molecule has 0 saturated heterocycles. The summed E-state index contributed by atoms with van der Waals surface area (Å²) in [5.74, 6) is 0. The molecule has 1 aromatic rings. The van der Waals surface area contributed by atoms with E-state index in [0.29, 0.717) is 0 Å². The zero-order valence-electron chi connectivity index (χ0n) is 6.79. The minimum absolute atomic E-state index is 0.0725. The van der Waals surface area contributed by atoms with Crippen molar-refractivity contribution in [3.63, 3.8) is 0 Å². The number of benzene rings is 1. The second kappa shape index (κ2) is 4.03. The van der Waals surface area contributed by atoms with Gasteiger partial charge in [0.25, 0.3) is 0 Å². The summed E-state index contributed by atoms with van der Waals surface area (Å²) in [5.41, 5.74) is 1.24. The first-order chi connectivity index (χ1) is 5.22. The third-order valence-corrected chi connectivity index (χ3v) is 4.16. The van der Waals surface area contributed by atoms with Crippen LogP contribution in [0.25, 0.3) is 0 Å². The van der Waals surface area contributed by atoms with E-state index < -0.39 is 0 Å². The molecule has 62 valence electrons. The Morgan fingerprint density at radius 3 is 2.18 bits per heavy atom.